The first-order chi connectivity index (χ1) is 14.5. The van der Waals surface area contributed by atoms with Gasteiger partial charge in [-0.05, 0) is 52.3 Å². The number of benzene rings is 1. The van der Waals surface area contributed by atoms with Crippen LogP contribution in [0.1, 0.15) is 32.9 Å². The van der Waals surface area contributed by atoms with Gasteiger partial charge in [-0.1, -0.05) is 0 Å². The van der Waals surface area contributed by atoms with Crippen LogP contribution in [0.5, 0.6) is 0 Å². The van der Waals surface area contributed by atoms with Crippen molar-refractivity contribution in [3.8, 4) is 0 Å². The van der Waals surface area contributed by atoms with Crippen LogP contribution in [0.4, 0.5) is 14.9 Å². The first-order valence-electron chi connectivity index (χ1n) is 10.2. The molecule has 3 rings (SSSR count). The van der Waals surface area contributed by atoms with Crippen LogP contribution in [0.25, 0.3) is 10.8 Å². The number of rotatable bonds is 5. The number of hydrogen-bond donors (Lipinski definition) is 1. The Balaban J connectivity index is 1.57. The number of nitro groups is 1. The molecule has 1 fully saturated rings. The van der Waals surface area contributed by atoms with Crippen molar-refractivity contribution in [3.63, 3.8) is 0 Å². The molecular weight excluding hydrogens is 407 g/mol. The lowest BCUT2D eigenvalue weighted by Gasteiger charge is -2.35. The summed E-state index contributed by atoms with van der Waals surface area (Å²) in [5.74, 6) is -0.817. The van der Waals surface area contributed by atoms with Crippen LogP contribution in [-0.2, 0) is 11.2 Å². The maximum absolute atomic E-state index is 13.6. The second-order valence-electron chi connectivity index (χ2n) is 8.68. The zero-order chi connectivity index (χ0) is 22.8. The van der Waals surface area contributed by atoms with Crippen LogP contribution < -0.4 is 5.56 Å². The number of ether oxygens (including phenoxy) is 1. The van der Waals surface area contributed by atoms with Gasteiger partial charge in [0.15, 0.2) is 0 Å². The van der Waals surface area contributed by atoms with Gasteiger partial charge in [0.2, 0.25) is 0 Å². The molecule has 0 bridgehead atoms. The zero-order valence-corrected chi connectivity index (χ0v) is 17.9. The second kappa shape index (κ2) is 9.01. The molecule has 1 aromatic carbocycles. The maximum Gasteiger partial charge on any atom is 0.410 e. The van der Waals surface area contributed by atoms with E-state index < -0.39 is 27.6 Å². The number of fused-ring (bicyclic) bond motifs is 1. The van der Waals surface area contributed by atoms with Crippen molar-refractivity contribution >= 4 is 22.6 Å². The Morgan fingerprint density at radius 1 is 1.19 bits per heavy atom. The number of aryl methyl sites for hydroxylation is 1. The van der Waals surface area contributed by atoms with Crippen molar-refractivity contribution < 1.29 is 18.8 Å². The van der Waals surface area contributed by atoms with Gasteiger partial charge < -0.3 is 14.6 Å². The highest BCUT2D eigenvalue weighted by atomic mass is 19.1. The Labute approximate surface area is 178 Å². The molecule has 31 heavy (non-hydrogen) atoms. The summed E-state index contributed by atoms with van der Waals surface area (Å²) >= 11 is 0. The highest BCUT2D eigenvalue weighted by Crippen LogP contribution is 2.25. The fraction of sp³-hybridized carbons (Fsp3) is 0.524. The summed E-state index contributed by atoms with van der Waals surface area (Å²) in [6.07, 6.45) is 0.938. The van der Waals surface area contributed by atoms with Gasteiger partial charge in [0.25, 0.3) is 11.2 Å². The van der Waals surface area contributed by atoms with E-state index in [4.69, 9.17) is 4.74 Å². The highest BCUT2D eigenvalue weighted by molar-refractivity contribution is 5.90. The number of piperazine rings is 1. The predicted molar refractivity (Wildman–Crippen MR) is 114 cm³/mol. The number of H-pyrrole nitrogens is 1. The monoisotopic (exact) mass is 434 g/mol. The van der Waals surface area contributed by atoms with E-state index in [0.29, 0.717) is 25.2 Å². The molecule has 0 unspecified atom stereocenters. The maximum atomic E-state index is 13.6. The summed E-state index contributed by atoms with van der Waals surface area (Å²) in [6.45, 7) is 8.87. The van der Waals surface area contributed by atoms with E-state index in [0.717, 1.165) is 38.2 Å². The predicted octanol–water partition coefficient (Wildman–Crippen LogP) is 3.06. The molecule has 168 valence electrons. The number of carbonyl (C=O) groups excluding carboxylic acids is 1. The van der Waals surface area contributed by atoms with Gasteiger partial charge in [0.05, 0.1) is 21.8 Å². The molecule has 1 amide bonds. The molecular formula is C21H27FN4O5. The normalized spacial score (nSPS) is 15.3. The summed E-state index contributed by atoms with van der Waals surface area (Å²) in [6, 6.07) is 3.39. The lowest BCUT2D eigenvalue weighted by molar-refractivity contribution is -0.383. The Bertz CT molecular complexity index is 1040. The first-order valence-corrected chi connectivity index (χ1v) is 10.2. The number of nitrogens with one attached hydrogen (secondary N) is 1. The van der Waals surface area contributed by atoms with Crippen molar-refractivity contribution in [1.82, 2.24) is 14.8 Å². The highest BCUT2D eigenvalue weighted by Gasteiger charge is 2.25. The Morgan fingerprint density at radius 2 is 1.87 bits per heavy atom. The van der Waals surface area contributed by atoms with Gasteiger partial charge >= 0.3 is 6.09 Å². The van der Waals surface area contributed by atoms with Crippen LogP contribution in [-0.4, -0.2) is 64.1 Å². The topological polar surface area (TPSA) is 109 Å². The van der Waals surface area contributed by atoms with Crippen molar-refractivity contribution in [3.05, 3.63) is 50.2 Å². The molecule has 1 aliphatic heterocycles. The molecule has 0 spiro atoms. The van der Waals surface area contributed by atoms with E-state index in [1.165, 1.54) is 0 Å². The third kappa shape index (κ3) is 5.78. The lowest BCUT2D eigenvalue weighted by Crippen LogP contribution is -2.50. The van der Waals surface area contributed by atoms with E-state index in [-0.39, 0.29) is 16.9 Å². The van der Waals surface area contributed by atoms with Gasteiger partial charge in [0.1, 0.15) is 11.4 Å². The number of aromatic amines is 1. The quantitative estimate of drug-likeness (QED) is 0.572. The molecule has 0 aliphatic carbocycles. The molecule has 0 radical (unpaired) electrons. The minimum absolute atomic E-state index is 0.0336. The minimum atomic E-state index is -0.817. The van der Waals surface area contributed by atoms with Crippen molar-refractivity contribution in [2.75, 3.05) is 32.7 Å². The summed E-state index contributed by atoms with van der Waals surface area (Å²) < 4.78 is 19.0. The number of hydrogen-bond acceptors (Lipinski definition) is 6. The molecule has 9 nitrogen and oxygen atoms in total. The summed E-state index contributed by atoms with van der Waals surface area (Å²) in [5.41, 5.74) is -0.910. The number of nitro benzene ring substituents is 1. The van der Waals surface area contributed by atoms with Crippen LogP contribution in [0.2, 0.25) is 0 Å². The number of non-ortho nitro benzene ring substituents is 1. The number of nitrogens with zero attached hydrogens (tertiary/aromatic N) is 3. The van der Waals surface area contributed by atoms with Crippen LogP contribution >= 0.6 is 0 Å². The van der Waals surface area contributed by atoms with E-state index in [1.807, 2.05) is 20.8 Å². The Morgan fingerprint density at radius 3 is 2.48 bits per heavy atom. The molecule has 0 saturated carbocycles. The number of carbonyl (C=O) groups is 1. The van der Waals surface area contributed by atoms with Gasteiger partial charge in [-0.3, -0.25) is 19.8 Å². The van der Waals surface area contributed by atoms with Crippen molar-refractivity contribution in [2.45, 2.75) is 39.2 Å². The molecule has 10 heteroatoms. The minimum Gasteiger partial charge on any atom is -0.444 e. The number of halogens is 1. The van der Waals surface area contributed by atoms with Gasteiger partial charge in [-0.25, -0.2) is 9.18 Å². The van der Waals surface area contributed by atoms with Gasteiger partial charge in [-0.2, -0.15) is 0 Å². The van der Waals surface area contributed by atoms with E-state index in [9.17, 15) is 24.1 Å². The average Bonchev–Trinajstić information content (AvgIpc) is 2.67. The third-order valence-corrected chi connectivity index (χ3v) is 5.10. The van der Waals surface area contributed by atoms with Gasteiger partial charge in [-0.15, -0.1) is 0 Å². The molecule has 0 atom stereocenters. The fourth-order valence-corrected chi connectivity index (χ4v) is 3.63. The summed E-state index contributed by atoms with van der Waals surface area (Å²) in [5, 5.41) is 11.3. The number of amides is 1. The van der Waals surface area contributed by atoms with Gasteiger partial charge in [0, 0.05) is 31.9 Å². The molecule has 1 aliphatic rings. The third-order valence-electron chi connectivity index (χ3n) is 5.10. The van der Waals surface area contributed by atoms with E-state index >= 15 is 0 Å². The first kappa shape index (κ1) is 22.7. The molecule has 2 heterocycles. The van der Waals surface area contributed by atoms with Crippen LogP contribution in [0.15, 0.2) is 23.0 Å². The molecule has 1 N–H and O–H groups in total. The zero-order valence-electron chi connectivity index (χ0n) is 17.9. The fourth-order valence-electron chi connectivity index (χ4n) is 3.63. The SMILES string of the molecule is CC(C)(C)OC(=O)N1CCN(CCCc2cc3c([N+](=O)[O-])cc(F)cc3c(=O)[nH]2)CC1. The molecule has 1 saturated heterocycles. The Hall–Kier alpha value is -3.01. The average molecular weight is 434 g/mol. The van der Waals surface area contributed by atoms with E-state index in [1.54, 1.807) is 11.0 Å². The number of pyridine rings is 1. The molecule has 1 aromatic heterocycles. The molecule has 2 aromatic rings. The van der Waals surface area contributed by atoms with Crippen molar-refractivity contribution in [2.24, 2.45) is 0 Å². The number of aromatic nitrogens is 1. The smallest absolute Gasteiger partial charge is 0.410 e. The second-order valence-corrected chi connectivity index (χ2v) is 8.68. The van der Waals surface area contributed by atoms with E-state index in [2.05, 4.69) is 9.88 Å². The lowest BCUT2D eigenvalue weighted by atomic mass is 10.1. The van der Waals surface area contributed by atoms with Crippen LogP contribution in [0.3, 0.4) is 0 Å². The standard InChI is InChI=1S/C21H27FN4O5/c1-21(2,3)31-20(28)25-9-7-24(8-10-25)6-4-5-15-13-16-17(19(27)23-15)11-14(22)12-18(16)26(29)30/h11-13H,4-10H2,1-3H3,(H,23,27). The van der Waals surface area contributed by atoms with Crippen molar-refractivity contribution in [1.29, 1.82) is 0 Å². The summed E-state index contributed by atoms with van der Waals surface area (Å²) in [4.78, 5) is 41.6. The Kier molecular flexibility index (Phi) is 6.59. The largest absolute Gasteiger partial charge is 0.444 e. The summed E-state index contributed by atoms with van der Waals surface area (Å²) in [7, 11) is 0. The van der Waals surface area contributed by atoms with Crippen LogP contribution in [0, 0.1) is 15.9 Å².